The Morgan fingerprint density at radius 3 is 2.56 bits per heavy atom. The van der Waals surface area contributed by atoms with Gasteiger partial charge in [0.05, 0.1) is 6.54 Å². The van der Waals surface area contributed by atoms with Crippen LogP contribution in [0.25, 0.3) is 0 Å². The molecule has 0 spiro atoms. The van der Waals surface area contributed by atoms with Crippen LogP contribution in [0, 0.1) is 0 Å². The molecule has 4 nitrogen and oxygen atoms in total. The van der Waals surface area contributed by atoms with E-state index in [9.17, 15) is 9.59 Å². The van der Waals surface area contributed by atoms with Crippen LogP contribution in [0.5, 0.6) is 0 Å². The van der Waals surface area contributed by atoms with Crippen molar-refractivity contribution < 1.29 is 9.59 Å². The largest absolute Gasteiger partial charge is 0.343 e. The zero-order valence-corrected chi connectivity index (χ0v) is 10.5. The van der Waals surface area contributed by atoms with Gasteiger partial charge in [-0.25, -0.2) is 0 Å². The highest BCUT2D eigenvalue weighted by atomic mass is 35.5. The van der Waals surface area contributed by atoms with Crippen molar-refractivity contribution in [3.63, 3.8) is 0 Å². The van der Waals surface area contributed by atoms with E-state index in [1.54, 1.807) is 7.05 Å². The molecule has 0 aliphatic heterocycles. The summed E-state index contributed by atoms with van der Waals surface area (Å²) in [5.41, 5.74) is 0.843. The maximum absolute atomic E-state index is 11.5. The molecule has 0 saturated carbocycles. The Balaban J connectivity index is 4.08. The van der Waals surface area contributed by atoms with Gasteiger partial charge in [0.25, 0.3) is 0 Å². The van der Waals surface area contributed by atoms with Crippen LogP contribution in [0.3, 0.4) is 0 Å². The van der Waals surface area contributed by atoms with Crippen LogP contribution in [0.4, 0.5) is 0 Å². The smallest absolute Gasteiger partial charge is 0.245 e. The molecule has 0 heterocycles. The fraction of sp³-hybridized carbons (Fsp3) is 0.455. The van der Waals surface area contributed by atoms with E-state index in [0.29, 0.717) is 0 Å². The zero-order valence-electron chi connectivity index (χ0n) is 9.79. The minimum absolute atomic E-state index is 0.0207. The SMILES string of the molecule is C/C=C(\C)N(C)C(=O)CNC(=O)/C=C/CCl. The molecule has 0 aromatic heterocycles. The number of carbonyl (C=O) groups excluding carboxylic acids is 2. The van der Waals surface area contributed by atoms with Crippen molar-refractivity contribution in [3.05, 3.63) is 23.9 Å². The zero-order chi connectivity index (χ0) is 12.6. The van der Waals surface area contributed by atoms with Crippen molar-refractivity contribution in [1.82, 2.24) is 10.2 Å². The van der Waals surface area contributed by atoms with Crippen molar-refractivity contribution in [3.8, 4) is 0 Å². The lowest BCUT2D eigenvalue weighted by Crippen LogP contribution is -2.36. The number of hydrogen-bond acceptors (Lipinski definition) is 2. The van der Waals surface area contributed by atoms with E-state index in [-0.39, 0.29) is 24.2 Å². The van der Waals surface area contributed by atoms with Gasteiger partial charge in [0.2, 0.25) is 11.8 Å². The van der Waals surface area contributed by atoms with Crippen LogP contribution in [-0.2, 0) is 9.59 Å². The van der Waals surface area contributed by atoms with Crippen molar-refractivity contribution in [2.75, 3.05) is 19.5 Å². The van der Waals surface area contributed by atoms with Crippen LogP contribution in [0.1, 0.15) is 13.8 Å². The van der Waals surface area contributed by atoms with Crippen LogP contribution in [0.15, 0.2) is 23.9 Å². The van der Waals surface area contributed by atoms with Crippen LogP contribution >= 0.6 is 11.6 Å². The number of allylic oxidation sites excluding steroid dienone is 3. The molecule has 0 aromatic rings. The van der Waals surface area contributed by atoms with E-state index in [4.69, 9.17) is 11.6 Å². The molecule has 1 N–H and O–H groups in total. The van der Waals surface area contributed by atoms with Gasteiger partial charge in [-0.3, -0.25) is 9.59 Å². The number of halogens is 1. The highest BCUT2D eigenvalue weighted by molar-refractivity contribution is 6.19. The Kier molecular flexibility index (Phi) is 7.29. The summed E-state index contributed by atoms with van der Waals surface area (Å²) in [6.07, 6.45) is 4.65. The number of rotatable bonds is 5. The topological polar surface area (TPSA) is 49.4 Å². The molecule has 2 amide bonds. The fourth-order valence-corrected chi connectivity index (χ4v) is 0.971. The maximum atomic E-state index is 11.5. The number of likely N-dealkylation sites (N-methyl/N-ethyl adjacent to an activating group) is 1. The highest BCUT2D eigenvalue weighted by Gasteiger charge is 2.09. The third-order valence-corrected chi connectivity index (χ3v) is 2.27. The van der Waals surface area contributed by atoms with Gasteiger partial charge in [0.15, 0.2) is 0 Å². The second kappa shape index (κ2) is 7.93. The summed E-state index contributed by atoms with van der Waals surface area (Å²) in [7, 11) is 1.67. The lowest BCUT2D eigenvalue weighted by atomic mass is 10.4. The minimum atomic E-state index is -0.319. The summed E-state index contributed by atoms with van der Waals surface area (Å²) >= 11 is 5.37. The number of hydrogen-bond donors (Lipinski definition) is 1. The second-order valence-electron chi connectivity index (χ2n) is 3.16. The molecule has 16 heavy (non-hydrogen) atoms. The first-order valence-corrected chi connectivity index (χ1v) is 5.46. The summed E-state index contributed by atoms with van der Waals surface area (Å²) in [5, 5.41) is 2.47. The van der Waals surface area contributed by atoms with E-state index in [1.807, 2.05) is 19.9 Å². The number of nitrogens with one attached hydrogen (secondary N) is 1. The molecule has 0 unspecified atom stereocenters. The second-order valence-corrected chi connectivity index (χ2v) is 3.47. The van der Waals surface area contributed by atoms with Crippen LogP contribution in [0.2, 0.25) is 0 Å². The van der Waals surface area contributed by atoms with Gasteiger partial charge in [-0.15, -0.1) is 11.6 Å². The summed E-state index contributed by atoms with van der Waals surface area (Å²) in [6, 6.07) is 0. The number of amides is 2. The first-order chi connectivity index (χ1) is 7.52. The van der Waals surface area contributed by atoms with Gasteiger partial charge >= 0.3 is 0 Å². The van der Waals surface area contributed by atoms with Crippen LogP contribution < -0.4 is 5.32 Å². The monoisotopic (exact) mass is 244 g/mol. The van der Waals surface area contributed by atoms with Crippen LogP contribution in [-0.4, -0.2) is 36.2 Å². The van der Waals surface area contributed by atoms with Gasteiger partial charge in [0, 0.05) is 24.7 Å². The van der Waals surface area contributed by atoms with Crippen molar-refractivity contribution in [2.24, 2.45) is 0 Å². The normalized spacial score (nSPS) is 11.6. The van der Waals surface area contributed by atoms with Gasteiger partial charge < -0.3 is 10.2 Å². The molecular weight excluding hydrogens is 228 g/mol. The number of carbonyl (C=O) groups is 2. The average molecular weight is 245 g/mol. The Labute approximate surface area is 101 Å². The molecule has 0 saturated heterocycles. The first-order valence-electron chi connectivity index (χ1n) is 4.92. The third kappa shape index (κ3) is 5.56. The summed E-state index contributed by atoms with van der Waals surface area (Å²) in [4.78, 5) is 24.2. The molecule has 0 atom stereocenters. The van der Waals surface area contributed by atoms with Gasteiger partial charge in [0.1, 0.15) is 0 Å². The molecular formula is C11H17ClN2O2. The van der Waals surface area contributed by atoms with Gasteiger partial charge in [-0.1, -0.05) is 12.2 Å². The Morgan fingerprint density at radius 2 is 2.06 bits per heavy atom. The Morgan fingerprint density at radius 1 is 1.44 bits per heavy atom. The quantitative estimate of drug-likeness (QED) is 0.585. The standard InChI is InChI=1S/C11H17ClN2O2/c1-4-9(2)14(3)11(16)8-13-10(15)6-5-7-12/h4-6H,7-8H2,1-3H3,(H,13,15)/b6-5+,9-4+. The number of nitrogens with zero attached hydrogens (tertiary/aromatic N) is 1. The fourth-order valence-electron chi connectivity index (χ4n) is 0.882. The van der Waals surface area contributed by atoms with Crippen molar-refractivity contribution in [1.29, 1.82) is 0 Å². The van der Waals surface area contributed by atoms with E-state index in [1.165, 1.54) is 17.1 Å². The van der Waals surface area contributed by atoms with Crippen molar-refractivity contribution in [2.45, 2.75) is 13.8 Å². The molecule has 90 valence electrons. The van der Waals surface area contributed by atoms with E-state index in [0.717, 1.165) is 5.70 Å². The lowest BCUT2D eigenvalue weighted by molar-refractivity contribution is -0.129. The average Bonchev–Trinajstić information content (AvgIpc) is 2.31. The lowest BCUT2D eigenvalue weighted by Gasteiger charge is -2.17. The third-order valence-electron chi connectivity index (χ3n) is 2.09. The molecule has 0 aromatic carbocycles. The van der Waals surface area contributed by atoms with E-state index >= 15 is 0 Å². The van der Waals surface area contributed by atoms with E-state index in [2.05, 4.69) is 5.32 Å². The predicted molar refractivity (Wildman–Crippen MR) is 65.1 cm³/mol. The molecule has 0 aliphatic carbocycles. The predicted octanol–water partition coefficient (Wildman–Crippen LogP) is 1.28. The molecule has 0 fully saturated rings. The Bertz CT molecular complexity index is 311. The maximum Gasteiger partial charge on any atom is 0.245 e. The summed E-state index contributed by atoms with van der Waals surface area (Å²) in [6.45, 7) is 3.65. The molecule has 5 heteroatoms. The van der Waals surface area contributed by atoms with Gasteiger partial charge in [-0.2, -0.15) is 0 Å². The highest BCUT2D eigenvalue weighted by Crippen LogP contribution is 1.98. The van der Waals surface area contributed by atoms with Gasteiger partial charge in [-0.05, 0) is 13.8 Å². The molecule has 0 rings (SSSR count). The first kappa shape index (κ1) is 14.7. The Hall–Kier alpha value is -1.29. The minimum Gasteiger partial charge on any atom is -0.343 e. The molecule has 0 radical (unpaired) electrons. The van der Waals surface area contributed by atoms with E-state index < -0.39 is 0 Å². The number of alkyl halides is 1. The summed E-state index contributed by atoms with van der Waals surface area (Å²) in [5.74, 6) is -0.206. The van der Waals surface area contributed by atoms with Crippen molar-refractivity contribution >= 4 is 23.4 Å². The summed E-state index contributed by atoms with van der Waals surface area (Å²) < 4.78 is 0. The molecule has 0 aliphatic rings. The molecule has 0 bridgehead atoms.